The van der Waals surface area contributed by atoms with Crippen LogP contribution in [0.4, 0.5) is 0 Å². The third kappa shape index (κ3) is 2.18. The fourth-order valence-corrected chi connectivity index (χ4v) is 3.21. The van der Waals surface area contributed by atoms with Crippen LogP contribution in [0.1, 0.15) is 22.8 Å². The minimum Gasteiger partial charge on any atom is -0.294 e. The zero-order valence-corrected chi connectivity index (χ0v) is 11.9. The van der Waals surface area contributed by atoms with Crippen LogP contribution in [0.15, 0.2) is 36.4 Å². The Hall–Kier alpha value is -1.31. The molecule has 0 radical (unpaired) electrons. The highest BCUT2D eigenvalue weighted by molar-refractivity contribution is 6.35. The van der Waals surface area contributed by atoms with E-state index in [1.165, 1.54) is 0 Å². The van der Waals surface area contributed by atoms with Gasteiger partial charge in [-0.3, -0.25) is 4.79 Å². The molecule has 1 aliphatic rings. The largest absolute Gasteiger partial charge is 0.294 e. The Morgan fingerprint density at radius 2 is 1.68 bits per heavy atom. The van der Waals surface area contributed by atoms with E-state index in [0.717, 1.165) is 28.7 Å². The van der Waals surface area contributed by atoms with E-state index in [1.807, 2.05) is 37.3 Å². The SMILES string of the molecule is CC1Cc2c(cccc2-c2cc(Cl)cc(Cl)c2)C1=O. The third-order valence-corrected chi connectivity index (χ3v) is 4.01. The van der Waals surface area contributed by atoms with Crippen molar-refractivity contribution in [1.29, 1.82) is 0 Å². The molecule has 0 amide bonds. The summed E-state index contributed by atoms with van der Waals surface area (Å²) in [6, 6.07) is 11.3. The van der Waals surface area contributed by atoms with Gasteiger partial charge in [0.15, 0.2) is 5.78 Å². The van der Waals surface area contributed by atoms with Gasteiger partial charge in [0, 0.05) is 21.5 Å². The molecular formula is C16H12Cl2O. The van der Waals surface area contributed by atoms with E-state index in [-0.39, 0.29) is 11.7 Å². The van der Waals surface area contributed by atoms with Crippen LogP contribution in [0.3, 0.4) is 0 Å². The maximum Gasteiger partial charge on any atom is 0.166 e. The molecule has 1 unspecified atom stereocenters. The molecule has 0 bridgehead atoms. The molecule has 2 aromatic carbocycles. The second kappa shape index (κ2) is 4.66. The summed E-state index contributed by atoms with van der Waals surface area (Å²) in [6.07, 6.45) is 0.786. The van der Waals surface area contributed by atoms with E-state index >= 15 is 0 Å². The van der Waals surface area contributed by atoms with Crippen molar-refractivity contribution in [3.63, 3.8) is 0 Å². The molecule has 0 saturated carbocycles. The Labute approximate surface area is 122 Å². The number of carbonyl (C=O) groups excluding carboxylic acids is 1. The lowest BCUT2D eigenvalue weighted by Crippen LogP contribution is -2.02. The molecule has 96 valence electrons. The van der Waals surface area contributed by atoms with Gasteiger partial charge in [-0.2, -0.15) is 0 Å². The van der Waals surface area contributed by atoms with Crippen LogP contribution in [0, 0.1) is 5.92 Å². The number of halogens is 2. The second-order valence-electron chi connectivity index (χ2n) is 4.96. The van der Waals surface area contributed by atoms with Crippen LogP contribution in [0.25, 0.3) is 11.1 Å². The third-order valence-electron chi connectivity index (χ3n) is 3.57. The minimum absolute atomic E-state index is 0.0609. The molecule has 3 rings (SSSR count). The standard InChI is InChI=1S/C16H12Cl2O/c1-9-5-15-13(3-2-4-14(15)16(9)19)10-6-11(17)8-12(18)7-10/h2-4,6-9H,5H2,1H3. The van der Waals surface area contributed by atoms with E-state index < -0.39 is 0 Å². The highest BCUT2D eigenvalue weighted by atomic mass is 35.5. The van der Waals surface area contributed by atoms with Crippen molar-refractivity contribution < 1.29 is 4.79 Å². The molecule has 1 aliphatic carbocycles. The summed E-state index contributed by atoms with van der Waals surface area (Å²) in [5.41, 5.74) is 3.97. The zero-order chi connectivity index (χ0) is 13.6. The summed E-state index contributed by atoms with van der Waals surface area (Å²) < 4.78 is 0. The molecule has 0 spiro atoms. The molecule has 0 heterocycles. The molecule has 0 saturated heterocycles. The van der Waals surface area contributed by atoms with Crippen molar-refractivity contribution >= 4 is 29.0 Å². The number of hydrogen-bond acceptors (Lipinski definition) is 1. The number of ketones is 1. The number of hydrogen-bond donors (Lipinski definition) is 0. The van der Waals surface area contributed by atoms with Gasteiger partial charge in [-0.1, -0.05) is 48.3 Å². The van der Waals surface area contributed by atoms with Crippen LogP contribution in [0.2, 0.25) is 10.0 Å². The predicted octanol–water partition coefficient (Wildman–Crippen LogP) is 5.04. The van der Waals surface area contributed by atoms with Gasteiger partial charge in [-0.25, -0.2) is 0 Å². The van der Waals surface area contributed by atoms with Crippen molar-refractivity contribution in [3.8, 4) is 11.1 Å². The van der Waals surface area contributed by atoms with E-state index in [2.05, 4.69) is 0 Å². The van der Waals surface area contributed by atoms with Gasteiger partial charge < -0.3 is 0 Å². The van der Waals surface area contributed by atoms with Gasteiger partial charge in [0.1, 0.15) is 0 Å². The lowest BCUT2D eigenvalue weighted by Gasteiger charge is -2.09. The fraction of sp³-hybridized carbons (Fsp3) is 0.188. The molecule has 3 heteroatoms. The summed E-state index contributed by atoms with van der Waals surface area (Å²) in [5, 5.41) is 1.22. The Kier molecular flexibility index (Phi) is 3.12. The van der Waals surface area contributed by atoms with E-state index in [9.17, 15) is 4.79 Å². The first-order valence-electron chi connectivity index (χ1n) is 6.19. The lowest BCUT2D eigenvalue weighted by molar-refractivity contribution is 0.0946. The molecule has 1 nitrogen and oxygen atoms in total. The molecule has 0 aliphatic heterocycles. The van der Waals surface area contributed by atoms with Crippen LogP contribution < -0.4 is 0 Å². The Balaban J connectivity index is 2.20. The first kappa shape index (κ1) is 12.7. The van der Waals surface area contributed by atoms with E-state index in [1.54, 1.807) is 6.07 Å². The predicted molar refractivity (Wildman–Crippen MR) is 79.1 cm³/mol. The first-order chi connectivity index (χ1) is 9.06. The smallest absolute Gasteiger partial charge is 0.166 e. The Bertz CT molecular complexity index is 656. The number of carbonyl (C=O) groups is 1. The molecule has 19 heavy (non-hydrogen) atoms. The van der Waals surface area contributed by atoms with Gasteiger partial charge >= 0.3 is 0 Å². The van der Waals surface area contributed by atoms with Gasteiger partial charge in [-0.05, 0) is 41.3 Å². The van der Waals surface area contributed by atoms with Gasteiger partial charge in [0.2, 0.25) is 0 Å². The summed E-state index contributed by atoms with van der Waals surface area (Å²) in [5.74, 6) is 0.288. The maximum absolute atomic E-state index is 12.1. The summed E-state index contributed by atoms with van der Waals surface area (Å²) in [6.45, 7) is 1.97. The summed E-state index contributed by atoms with van der Waals surface area (Å²) in [4.78, 5) is 12.1. The normalized spacial score (nSPS) is 17.6. The minimum atomic E-state index is 0.0609. The van der Waals surface area contributed by atoms with E-state index in [0.29, 0.717) is 10.0 Å². The number of Topliss-reactive ketones (excluding diaryl/α,β-unsaturated/α-hetero) is 1. The molecule has 2 aromatic rings. The maximum atomic E-state index is 12.1. The quantitative estimate of drug-likeness (QED) is 0.719. The van der Waals surface area contributed by atoms with Crippen LogP contribution in [-0.2, 0) is 6.42 Å². The molecule has 1 atom stereocenters. The summed E-state index contributed by atoms with van der Waals surface area (Å²) in [7, 11) is 0. The number of benzene rings is 2. The molecular weight excluding hydrogens is 279 g/mol. The summed E-state index contributed by atoms with van der Waals surface area (Å²) >= 11 is 12.1. The van der Waals surface area contributed by atoms with Crippen molar-refractivity contribution in [2.75, 3.05) is 0 Å². The van der Waals surface area contributed by atoms with Gasteiger partial charge in [0.25, 0.3) is 0 Å². The van der Waals surface area contributed by atoms with Crippen LogP contribution in [-0.4, -0.2) is 5.78 Å². The van der Waals surface area contributed by atoms with Gasteiger partial charge in [0.05, 0.1) is 0 Å². The van der Waals surface area contributed by atoms with Gasteiger partial charge in [-0.15, -0.1) is 0 Å². The average Bonchev–Trinajstić information content (AvgIpc) is 2.64. The highest BCUT2D eigenvalue weighted by Crippen LogP contribution is 2.36. The second-order valence-corrected chi connectivity index (χ2v) is 5.83. The van der Waals surface area contributed by atoms with Crippen molar-refractivity contribution in [2.24, 2.45) is 5.92 Å². The number of fused-ring (bicyclic) bond motifs is 1. The first-order valence-corrected chi connectivity index (χ1v) is 6.94. The molecule has 0 N–H and O–H groups in total. The topological polar surface area (TPSA) is 17.1 Å². The molecule has 0 aromatic heterocycles. The average molecular weight is 291 g/mol. The monoisotopic (exact) mass is 290 g/mol. The highest BCUT2D eigenvalue weighted by Gasteiger charge is 2.28. The fourth-order valence-electron chi connectivity index (χ4n) is 2.68. The lowest BCUT2D eigenvalue weighted by atomic mass is 9.97. The van der Waals surface area contributed by atoms with Crippen molar-refractivity contribution in [3.05, 3.63) is 57.6 Å². The van der Waals surface area contributed by atoms with Crippen molar-refractivity contribution in [1.82, 2.24) is 0 Å². The Morgan fingerprint density at radius 3 is 2.37 bits per heavy atom. The Morgan fingerprint density at radius 1 is 1.05 bits per heavy atom. The van der Waals surface area contributed by atoms with Crippen LogP contribution in [0.5, 0.6) is 0 Å². The van der Waals surface area contributed by atoms with Crippen molar-refractivity contribution in [2.45, 2.75) is 13.3 Å². The van der Waals surface area contributed by atoms with E-state index in [4.69, 9.17) is 23.2 Å². The van der Waals surface area contributed by atoms with Crippen LogP contribution >= 0.6 is 23.2 Å². The zero-order valence-electron chi connectivity index (χ0n) is 10.4. The number of rotatable bonds is 1. The molecule has 0 fully saturated rings.